The summed E-state index contributed by atoms with van der Waals surface area (Å²) in [5, 5.41) is 31.2. The third kappa shape index (κ3) is 41.6. The topological polar surface area (TPSA) is 564 Å². The Bertz CT molecular complexity index is 4370. The number of Topliss-reactive ketones (excluding diaryl/α,β-unsaturated/α-hetero) is 2. The van der Waals surface area contributed by atoms with E-state index in [0.717, 1.165) is 75.3 Å². The van der Waals surface area contributed by atoms with Gasteiger partial charge in [0.15, 0.2) is 5.96 Å². The van der Waals surface area contributed by atoms with Gasteiger partial charge in [0.2, 0.25) is 76.5 Å². The number of nitrogens with two attached hydrogens (primary N) is 3. The van der Waals surface area contributed by atoms with Crippen molar-refractivity contribution < 1.29 is 95.8 Å². The van der Waals surface area contributed by atoms with Crippen LogP contribution in [0.2, 0.25) is 0 Å². The number of hydrogen-bond acceptors (Lipinski definition) is 21. The third-order valence-electron chi connectivity index (χ3n) is 22.3. The molecule has 6 rings (SSSR count). The second-order valence-electron chi connectivity index (χ2n) is 36.9. The molecule has 37 nitrogen and oxygen atoms in total. The van der Waals surface area contributed by atoms with Gasteiger partial charge in [-0.05, 0) is 149 Å². The fourth-order valence-electron chi connectivity index (χ4n) is 15.8. The minimum Gasteiger partial charge on any atom is -0.465 e. The number of primary amides is 1. The Balaban J connectivity index is 0.000000435. The maximum absolute atomic E-state index is 14.5. The SMILES string of the molecule is CC(=O)N[C@@H](CC(C)C)C(=O)N[C@@H](CC(C)C)C(=O)N[C@H](C=O)CCCN=C(N)N.CCCC(NC(=O)C(CC(C)C)NC(=O)C(CC(=O)OCC(C)C)C1CCCCC1)C(=O)C(=O)NCC(=O)NC(C(N)=O)c1ccccc1.CCCC(NC(=O)[C@@H]1Cc2ccccc2CN1C(=O)[C@@H](NC(=O)OC(C)(C)C)C1CCCCC1)C(=O)C(=O)NCC(=O)N[C@H](C(=O)NC)c1ccccc1. The molecule has 0 bridgehead atoms. The molecule has 5 unspecified atom stereocenters. The second kappa shape index (κ2) is 58.6. The molecule has 2 saturated carbocycles. The van der Waals surface area contributed by atoms with Crippen LogP contribution in [-0.4, -0.2) is 205 Å². The summed E-state index contributed by atoms with van der Waals surface area (Å²) in [5.41, 5.74) is 17.9. The Labute approximate surface area is 781 Å². The number of carbonyl (C=O) groups is 18. The summed E-state index contributed by atoms with van der Waals surface area (Å²) in [4.78, 5) is 238. The Hall–Kier alpha value is -12.2. The Morgan fingerprint density at radius 3 is 1.42 bits per heavy atom. The summed E-state index contributed by atoms with van der Waals surface area (Å²) < 4.78 is 10.9. The van der Waals surface area contributed by atoms with Crippen LogP contribution in [0.4, 0.5) is 4.79 Å². The van der Waals surface area contributed by atoms with Gasteiger partial charge < -0.3 is 100 Å². The molecule has 133 heavy (non-hydrogen) atoms. The van der Waals surface area contributed by atoms with Crippen molar-refractivity contribution in [2.75, 3.05) is 33.3 Å². The van der Waals surface area contributed by atoms with E-state index in [2.05, 4.69) is 68.8 Å². The van der Waals surface area contributed by atoms with Gasteiger partial charge in [0.1, 0.15) is 54.2 Å². The molecule has 3 aromatic rings. The lowest BCUT2D eigenvalue weighted by atomic mass is 9.78. The van der Waals surface area contributed by atoms with Crippen LogP contribution in [0.25, 0.3) is 0 Å². The summed E-state index contributed by atoms with van der Waals surface area (Å²) >= 11 is 0. The van der Waals surface area contributed by atoms with Crippen molar-refractivity contribution in [3.63, 3.8) is 0 Å². The number of rotatable bonds is 48. The highest BCUT2D eigenvalue weighted by molar-refractivity contribution is 6.39. The molecule has 736 valence electrons. The largest absolute Gasteiger partial charge is 0.465 e. The number of alkyl carbamates (subject to hydrolysis) is 1. The van der Waals surface area contributed by atoms with Gasteiger partial charge in [0.25, 0.3) is 11.8 Å². The molecule has 0 saturated heterocycles. The number of fused-ring (bicyclic) bond motifs is 1. The van der Waals surface area contributed by atoms with Gasteiger partial charge in [-0.3, -0.25) is 81.7 Å². The predicted octanol–water partition coefficient (Wildman–Crippen LogP) is 5.41. The van der Waals surface area contributed by atoms with E-state index in [9.17, 15) is 86.3 Å². The molecule has 1 heterocycles. The Kier molecular flexibility index (Phi) is 49.9. The molecule has 0 aromatic heterocycles. The van der Waals surface area contributed by atoms with Gasteiger partial charge in [0, 0.05) is 33.5 Å². The average molecular weight is 1860 g/mol. The van der Waals surface area contributed by atoms with E-state index in [-0.39, 0.29) is 92.6 Å². The van der Waals surface area contributed by atoms with Crippen molar-refractivity contribution >= 4 is 113 Å². The number of esters is 1. The maximum atomic E-state index is 14.5. The van der Waals surface area contributed by atoms with Crippen LogP contribution in [0.15, 0.2) is 89.9 Å². The Morgan fingerprint density at radius 2 is 0.962 bits per heavy atom. The fraction of sp³-hybridized carbons (Fsp3) is 0.615. The second-order valence-corrected chi connectivity index (χ2v) is 36.9. The first-order valence-corrected chi connectivity index (χ1v) is 46.6. The van der Waals surface area contributed by atoms with Gasteiger partial charge in [-0.15, -0.1) is 0 Å². The Morgan fingerprint density at radius 1 is 0.511 bits per heavy atom. The summed E-state index contributed by atoms with van der Waals surface area (Å²) in [6.45, 7) is 25.0. The molecule has 11 atom stereocenters. The van der Waals surface area contributed by atoms with E-state index < -0.39 is 180 Å². The molecule has 0 radical (unpaired) electrons. The molecule has 3 aromatic carbocycles. The van der Waals surface area contributed by atoms with Crippen molar-refractivity contribution in [1.82, 2.24) is 68.7 Å². The van der Waals surface area contributed by atoms with Gasteiger partial charge in [-0.25, -0.2) is 4.79 Å². The minimum absolute atomic E-state index is 0.0116. The number of hydrogen-bond donors (Lipinski definition) is 15. The number of ether oxygens (including phenoxy) is 2. The highest BCUT2D eigenvalue weighted by atomic mass is 16.6. The van der Waals surface area contributed by atoms with E-state index in [1.165, 1.54) is 18.9 Å². The van der Waals surface area contributed by atoms with Crippen molar-refractivity contribution in [2.24, 2.45) is 63.6 Å². The molecule has 2 aliphatic carbocycles. The first kappa shape index (κ1) is 113. The lowest BCUT2D eigenvalue weighted by molar-refractivity contribution is -0.149. The molecule has 0 spiro atoms. The molecule has 37 heteroatoms. The van der Waals surface area contributed by atoms with Crippen molar-refractivity contribution in [2.45, 2.75) is 304 Å². The van der Waals surface area contributed by atoms with E-state index in [1.807, 2.05) is 79.7 Å². The van der Waals surface area contributed by atoms with Crippen molar-refractivity contribution in [1.29, 1.82) is 0 Å². The van der Waals surface area contributed by atoms with Crippen LogP contribution in [-0.2, 0) is 104 Å². The van der Waals surface area contributed by atoms with E-state index >= 15 is 0 Å². The highest BCUT2D eigenvalue weighted by Gasteiger charge is 2.44. The molecule has 3 aliphatic rings. The third-order valence-corrected chi connectivity index (χ3v) is 22.3. The van der Waals surface area contributed by atoms with Gasteiger partial charge in [-0.2, -0.15) is 0 Å². The van der Waals surface area contributed by atoms with Crippen LogP contribution in [0.5, 0.6) is 0 Å². The van der Waals surface area contributed by atoms with Crippen LogP contribution in [0.1, 0.15) is 260 Å². The number of carbonyl (C=O) groups excluding carboxylic acids is 18. The number of aliphatic imine (C=N–C) groups is 1. The lowest BCUT2D eigenvalue weighted by Crippen LogP contribution is -2.61. The number of ketones is 2. The normalized spacial score (nSPS) is 16.0. The van der Waals surface area contributed by atoms with E-state index in [1.54, 1.807) is 95.3 Å². The van der Waals surface area contributed by atoms with E-state index in [4.69, 9.17) is 26.7 Å². The van der Waals surface area contributed by atoms with Gasteiger partial charge in [0.05, 0.1) is 50.2 Å². The number of benzene rings is 3. The number of nitrogens with zero attached hydrogens (tertiary/aromatic N) is 2. The molecule has 2 fully saturated rings. The number of aldehydes is 1. The van der Waals surface area contributed by atoms with Gasteiger partial charge in [-0.1, -0.05) is 206 Å². The van der Waals surface area contributed by atoms with Crippen LogP contribution in [0, 0.1) is 41.4 Å². The molecular formula is C96H147N17O20. The van der Waals surface area contributed by atoms with Crippen LogP contribution in [0.3, 0.4) is 0 Å². The number of nitrogens with one attached hydrogen (secondary N) is 12. The number of likely N-dealkylation sites (N-methyl/N-ethyl adjacent to an activating group) is 1. The van der Waals surface area contributed by atoms with E-state index in [0.29, 0.717) is 62.5 Å². The summed E-state index contributed by atoms with van der Waals surface area (Å²) in [6, 6.07) is 14.5. The minimum atomic E-state index is -1.24. The van der Waals surface area contributed by atoms with Crippen LogP contribution >= 0.6 is 0 Å². The summed E-state index contributed by atoms with van der Waals surface area (Å²) in [5.74, 6) is -11.0. The zero-order valence-electron chi connectivity index (χ0n) is 80.2. The van der Waals surface area contributed by atoms with Crippen LogP contribution < -0.4 is 81.0 Å². The molecule has 1 aliphatic heterocycles. The summed E-state index contributed by atoms with van der Waals surface area (Å²) in [6.07, 6.45) is 12.0. The smallest absolute Gasteiger partial charge is 0.408 e. The van der Waals surface area contributed by atoms with Gasteiger partial charge >= 0.3 is 12.1 Å². The molecule has 18 N–H and O–H groups in total. The number of amides is 14. The zero-order chi connectivity index (χ0) is 99.2. The fourth-order valence-corrected chi connectivity index (χ4v) is 15.8. The zero-order valence-corrected chi connectivity index (χ0v) is 80.2. The molecule has 14 amide bonds. The monoisotopic (exact) mass is 1860 g/mol. The first-order chi connectivity index (χ1) is 62.9. The first-order valence-electron chi connectivity index (χ1n) is 46.6. The summed E-state index contributed by atoms with van der Waals surface area (Å²) in [7, 11) is 1.43. The number of guanidine groups is 1. The highest BCUT2D eigenvalue weighted by Crippen LogP contribution is 2.34. The predicted molar refractivity (Wildman–Crippen MR) is 500 cm³/mol. The average Bonchev–Trinajstić information content (AvgIpc) is 0.777. The van der Waals surface area contributed by atoms with Crippen molar-refractivity contribution in [3.8, 4) is 0 Å². The van der Waals surface area contributed by atoms with Crippen molar-refractivity contribution in [3.05, 3.63) is 107 Å². The molecular weight excluding hydrogens is 1710 g/mol. The quantitative estimate of drug-likeness (QED) is 0.00839. The lowest BCUT2D eigenvalue weighted by Gasteiger charge is -2.40. The maximum Gasteiger partial charge on any atom is 0.408 e. The standard InChI is InChI=1S/C40H54N6O8.C36H55N5O8.C20H38N6O4/c1-6-15-29(34(48)37(51)42-23-31(47)44-32(36(50)41-5)25-16-9-7-10-17-25)43-35(49)30-22-27-20-13-14-21-28(27)24-46(30)38(52)33(26-18-11-8-12-19-26)45-39(53)54-40(2,3)4;1-6-13-27(32(44)36(48)38-20-29(42)41-31(33(37)45)25-16-11-8-12-17-25)39-35(47)28(18-22(2)3)40-34(46)26(24-14-9-7-10-15-24)19-30(43)49-21-23(4)5;1-12(2)9-16(24-14(5)28)19(30)26-17(10-13(3)4)18(29)25-15(11-27)7-6-8-23-20(21)22/h7,9-10,13-14,16-17,20-21,26,29-30,32-33H,6,8,11-12,15,18-19,22-24H2,1-5H3,(H,41,50)(H,42,51)(H,43,49)(H,44,47)(H,45,53);8,11-12,16-17,22-24,26-28,31H,6-7,9-10,13-15,18-21H2,1-5H3,(H2,37,45)(H,38,48)(H,39,47)(H,40,46)(H,41,42);11-13,15-17H,6-10H2,1-5H3,(H,24,28)(H,25,29)(H,26,30)(H4,21,22,23)/t29?,30-,32-,33-;;15-,16-,17-/m0.0/s1.